The van der Waals surface area contributed by atoms with E-state index in [1.807, 2.05) is 6.92 Å². The maximum absolute atomic E-state index is 10.4. The standard InChI is InChI=1S/C12H18N2O3.C2H2O4/c1-2-17-9-3-8-13-10-11-4-6-12(7-5-11)14(15)16;3-1(4)2(5)6/h4-7,13H,2-3,8-10H2,1H3;(H,3,4)(H,5,6). The van der Waals surface area contributed by atoms with Crippen molar-refractivity contribution in [3.8, 4) is 0 Å². The van der Waals surface area contributed by atoms with Gasteiger partial charge in [-0.05, 0) is 25.5 Å². The molecule has 0 fully saturated rings. The smallest absolute Gasteiger partial charge is 0.414 e. The Kier molecular flexibility index (Phi) is 10.7. The molecule has 1 aromatic rings. The van der Waals surface area contributed by atoms with Crippen molar-refractivity contribution in [2.45, 2.75) is 19.9 Å². The Labute approximate surface area is 133 Å². The largest absolute Gasteiger partial charge is 0.473 e. The first-order valence-corrected chi connectivity index (χ1v) is 6.86. The Morgan fingerprint density at radius 2 is 1.78 bits per heavy atom. The van der Waals surface area contributed by atoms with Crippen LogP contribution in [-0.4, -0.2) is 46.8 Å². The third-order valence-corrected chi connectivity index (χ3v) is 2.51. The first-order chi connectivity index (χ1) is 10.9. The van der Waals surface area contributed by atoms with Gasteiger partial charge in [0.05, 0.1) is 4.92 Å². The van der Waals surface area contributed by atoms with Gasteiger partial charge in [0.2, 0.25) is 0 Å². The molecule has 0 saturated carbocycles. The summed E-state index contributed by atoms with van der Waals surface area (Å²) in [6.45, 7) is 5.11. The highest BCUT2D eigenvalue weighted by molar-refractivity contribution is 6.27. The summed E-state index contributed by atoms with van der Waals surface area (Å²) in [5, 5.41) is 28.5. The normalized spacial score (nSPS) is 9.61. The molecule has 128 valence electrons. The van der Waals surface area contributed by atoms with E-state index < -0.39 is 11.9 Å². The number of rotatable bonds is 8. The summed E-state index contributed by atoms with van der Waals surface area (Å²) >= 11 is 0. The van der Waals surface area contributed by atoms with Crippen molar-refractivity contribution in [1.29, 1.82) is 0 Å². The van der Waals surface area contributed by atoms with Crippen molar-refractivity contribution in [3.05, 3.63) is 39.9 Å². The molecule has 0 amide bonds. The highest BCUT2D eigenvalue weighted by Crippen LogP contribution is 2.11. The van der Waals surface area contributed by atoms with Crippen molar-refractivity contribution >= 4 is 17.6 Å². The third kappa shape index (κ3) is 10.8. The number of non-ortho nitro benzene ring substituents is 1. The summed E-state index contributed by atoms with van der Waals surface area (Å²) in [5.41, 5.74) is 1.18. The second-order valence-electron chi connectivity index (χ2n) is 4.26. The molecule has 0 bridgehead atoms. The minimum Gasteiger partial charge on any atom is -0.473 e. The quantitative estimate of drug-likeness (QED) is 0.280. The number of nitro benzene ring substituents is 1. The number of hydrogen-bond acceptors (Lipinski definition) is 6. The van der Waals surface area contributed by atoms with Crippen LogP contribution < -0.4 is 5.32 Å². The maximum atomic E-state index is 10.4. The van der Waals surface area contributed by atoms with E-state index in [0.717, 1.165) is 38.3 Å². The van der Waals surface area contributed by atoms with Crippen LogP contribution in [0.3, 0.4) is 0 Å². The molecular weight excluding hydrogens is 308 g/mol. The van der Waals surface area contributed by atoms with Gasteiger partial charge in [0.1, 0.15) is 0 Å². The Bertz CT molecular complexity index is 490. The predicted molar refractivity (Wildman–Crippen MR) is 81.2 cm³/mol. The van der Waals surface area contributed by atoms with Gasteiger partial charge in [0.15, 0.2) is 0 Å². The van der Waals surface area contributed by atoms with Gasteiger partial charge in [0, 0.05) is 31.9 Å². The summed E-state index contributed by atoms with van der Waals surface area (Å²) in [4.78, 5) is 28.3. The van der Waals surface area contributed by atoms with E-state index in [9.17, 15) is 10.1 Å². The minimum absolute atomic E-state index is 0.130. The van der Waals surface area contributed by atoms with Crippen LogP contribution in [-0.2, 0) is 20.9 Å². The van der Waals surface area contributed by atoms with Gasteiger partial charge in [-0.25, -0.2) is 9.59 Å². The summed E-state index contributed by atoms with van der Waals surface area (Å²) < 4.78 is 5.21. The highest BCUT2D eigenvalue weighted by Gasteiger charge is 2.04. The number of aliphatic carboxylic acids is 2. The fourth-order valence-electron chi connectivity index (χ4n) is 1.41. The average Bonchev–Trinajstić information content (AvgIpc) is 2.51. The second-order valence-corrected chi connectivity index (χ2v) is 4.26. The van der Waals surface area contributed by atoms with Gasteiger partial charge in [-0.3, -0.25) is 10.1 Å². The number of carboxylic acid groups (broad SMARTS) is 2. The van der Waals surface area contributed by atoms with Gasteiger partial charge >= 0.3 is 11.9 Å². The molecule has 0 heterocycles. The van der Waals surface area contributed by atoms with Crippen LogP contribution in [0.2, 0.25) is 0 Å². The van der Waals surface area contributed by atoms with E-state index in [2.05, 4.69) is 5.32 Å². The lowest BCUT2D eigenvalue weighted by Gasteiger charge is -2.04. The monoisotopic (exact) mass is 328 g/mol. The lowest BCUT2D eigenvalue weighted by atomic mass is 10.2. The maximum Gasteiger partial charge on any atom is 0.414 e. The number of nitrogens with one attached hydrogen (secondary N) is 1. The number of benzene rings is 1. The van der Waals surface area contributed by atoms with Crippen LogP contribution >= 0.6 is 0 Å². The first kappa shape index (κ1) is 20.5. The van der Waals surface area contributed by atoms with Gasteiger partial charge in [-0.15, -0.1) is 0 Å². The average molecular weight is 328 g/mol. The van der Waals surface area contributed by atoms with Gasteiger partial charge in [0.25, 0.3) is 5.69 Å². The van der Waals surface area contributed by atoms with Gasteiger partial charge < -0.3 is 20.3 Å². The zero-order valence-corrected chi connectivity index (χ0v) is 12.7. The molecule has 0 aliphatic carbocycles. The molecular formula is C14H20N2O7. The van der Waals surface area contributed by atoms with Crippen molar-refractivity contribution in [1.82, 2.24) is 5.32 Å². The molecule has 0 aliphatic rings. The molecule has 0 aliphatic heterocycles. The SMILES string of the molecule is CCOCCCNCc1ccc([N+](=O)[O-])cc1.O=C(O)C(=O)O. The van der Waals surface area contributed by atoms with Crippen LogP contribution in [0.5, 0.6) is 0 Å². The highest BCUT2D eigenvalue weighted by atomic mass is 16.6. The third-order valence-electron chi connectivity index (χ3n) is 2.51. The summed E-state index contributed by atoms with van der Waals surface area (Å²) in [5.74, 6) is -3.65. The van der Waals surface area contributed by atoms with Gasteiger partial charge in [-0.1, -0.05) is 12.1 Å². The number of ether oxygens (including phenoxy) is 1. The molecule has 0 spiro atoms. The van der Waals surface area contributed by atoms with E-state index in [-0.39, 0.29) is 10.6 Å². The lowest BCUT2D eigenvalue weighted by molar-refractivity contribution is -0.384. The first-order valence-electron chi connectivity index (χ1n) is 6.86. The van der Waals surface area contributed by atoms with Crippen molar-refractivity contribution < 1.29 is 29.5 Å². The molecule has 23 heavy (non-hydrogen) atoms. The molecule has 0 atom stereocenters. The van der Waals surface area contributed by atoms with Crippen LogP contribution in [0.25, 0.3) is 0 Å². The zero-order valence-electron chi connectivity index (χ0n) is 12.7. The molecule has 1 rings (SSSR count). The Hall–Kier alpha value is -2.52. The second kappa shape index (κ2) is 12.1. The van der Waals surface area contributed by atoms with Gasteiger partial charge in [-0.2, -0.15) is 0 Å². The number of nitro groups is 1. The van der Waals surface area contributed by atoms with Crippen molar-refractivity contribution in [2.75, 3.05) is 19.8 Å². The van der Waals surface area contributed by atoms with Crippen LogP contribution in [0, 0.1) is 10.1 Å². The molecule has 1 aromatic carbocycles. The summed E-state index contributed by atoms with van der Waals surface area (Å²) in [6, 6.07) is 6.59. The fraction of sp³-hybridized carbons (Fsp3) is 0.429. The molecule has 0 aromatic heterocycles. The van der Waals surface area contributed by atoms with E-state index in [4.69, 9.17) is 24.5 Å². The Morgan fingerprint density at radius 1 is 1.22 bits per heavy atom. The predicted octanol–water partition coefficient (Wildman–Crippen LogP) is 1.27. The summed E-state index contributed by atoms with van der Waals surface area (Å²) in [7, 11) is 0. The topological polar surface area (TPSA) is 139 Å². The van der Waals surface area contributed by atoms with E-state index in [1.54, 1.807) is 12.1 Å². The van der Waals surface area contributed by atoms with Crippen molar-refractivity contribution in [2.24, 2.45) is 0 Å². The fourth-order valence-corrected chi connectivity index (χ4v) is 1.41. The molecule has 9 nitrogen and oxygen atoms in total. The zero-order chi connectivity index (χ0) is 17.7. The van der Waals surface area contributed by atoms with Crippen molar-refractivity contribution in [3.63, 3.8) is 0 Å². The van der Waals surface area contributed by atoms with E-state index in [1.165, 1.54) is 12.1 Å². The van der Waals surface area contributed by atoms with Crippen LogP contribution in [0.1, 0.15) is 18.9 Å². The number of carboxylic acids is 2. The summed E-state index contributed by atoms with van der Waals surface area (Å²) in [6.07, 6.45) is 0.973. The number of nitrogens with zero attached hydrogens (tertiary/aromatic N) is 1. The number of hydrogen-bond donors (Lipinski definition) is 3. The molecule has 0 radical (unpaired) electrons. The Balaban J connectivity index is 0.000000688. The van der Waals surface area contributed by atoms with E-state index in [0.29, 0.717) is 0 Å². The molecule has 3 N–H and O–H groups in total. The number of carbonyl (C=O) groups is 2. The van der Waals surface area contributed by atoms with Crippen LogP contribution in [0.4, 0.5) is 5.69 Å². The molecule has 0 saturated heterocycles. The lowest BCUT2D eigenvalue weighted by Crippen LogP contribution is -2.16. The minimum atomic E-state index is -1.82. The Morgan fingerprint density at radius 3 is 2.22 bits per heavy atom. The molecule has 0 unspecified atom stereocenters. The van der Waals surface area contributed by atoms with E-state index >= 15 is 0 Å². The van der Waals surface area contributed by atoms with Crippen LogP contribution in [0.15, 0.2) is 24.3 Å². The molecule has 9 heteroatoms.